The average Bonchev–Trinajstić information content (AvgIpc) is 2.54. The van der Waals surface area contributed by atoms with E-state index in [4.69, 9.17) is 15.2 Å². The van der Waals surface area contributed by atoms with Crippen LogP contribution in [0.1, 0.15) is 24.8 Å². The summed E-state index contributed by atoms with van der Waals surface area (Å²) < 4.78 is 11.1. The van der Waals surface area contributed by atoms with Gasteiger partial charge in [0.05, 0.1) is 12.7 Å². The Hall–Kier alpha value is -1.10. The molecule has 20 heavy (non-hydrogen) atoms. The number of aliphatic hydroxyl groups excluding tert-OH is 1. The summed E-state index contributed by atoms with van der Waals surface area (Å²) in [7, 11) is 0. The molecule has 3 N–H and O–H groups in total. The van der Waals surface area contributed by atoms with E-state index in [9.17, 15) is 5.11 Å². The Labute approximate surface area is 119 Å². The molecule has 2 atom stereocenters. The number of hydrogen-bond acceptors (Lipinski definition) is 4. The zero-order valence-electron chi connectivity index (χ0n) is 11.8. The Morgan fingerprint density at radius 2 is 2.00 bits per heavy atom. The number of fused-ring (bicyclic) bond motifs is 1. The maximum Gasteiger partial charge on any atom is 0.123 e. The molecule has 0 amide bonds. The third-order valence-corrected chi connectivity index (χ3v) is 4.87. The molecule has 1 saturated heterocycles. The molecule has 3 rings (SSSR count). The quantitative estimate of drug-likeness (QED) is 0.878. The lowest BCUT2D eigenvalue weighted by Gasteiger charge is -2.45. The molecule has 1 fully saturated rings. The van der Waals surface area contributed by atoms with Crippen LogP contribution in [-0.4, -0.2) is 37.6 Å². The van der Waals surface area contributed by atoms with Crippen LogP contribution in [0, 0.1) is 5.92 Å². The number of nitrogens with two attached hydrogens (primary N) is 1. The van der Waals surface area contributed by atoms with Gasteiger partial charge in [0, 0.05) is 30.7 Å². The van der Waals surface area contributed by atoms with Crippen molar-refractivity contribution >= 4 is 0 Å². The minimum absolute atomic E-state index is 0.262. The van der Waals surface area contributed by atoms with Crippen molar-refractivity contribution in [1.82, 2.24) is 0 Å². The van der Waals surface area contributed by atoms with E-state index in [1.165, 1.54) is 0 Å². The van der Waals surface area contributed by atoms with Gasteiger partial charge in [-0.05, 0) is 31.2 Å². The van der Waals surface area contributed by atoms with Gasteiger partial charge in [-0.15, -0.1) is 0 Å². The fraction of sp³-hybridized carbons (Fsp3) is 0.625. The smallest absolute Gasteiger partial charge is 0.123 e. The molecular weight excluding hydrogens is 254 g/mol. The highest BCUT2D eigenvalue weighted by Gasteiger charge is 2.45. The number of aliphatic hydroxyl groups is 1. The summed E-state index contributed by atoms with van der Waals surface area (Å²) in [5.41, 5.74) is 6.80. The first kappa shape index (κ1) is 13.9. The molecule has 0 aliphatic carbocycles. The lowest BCUT2D eigenvalue weighted by atomic mass is 9.67. The predicted molar refractivity (Wildman–Crippen MR) is 76.8 cm³/mol. The minimum atomic E-state index is -0.429. The number of benzene rings is 1. The van der Waals surface area contributed by atoms with E-state index in [0.29, 0.717) is 13.2 Å². The molecule has 0 radical (unpaired) electrons. The van der Waals surface area contributed by atoms with Crippen molar-refractivity contribution in [3.63, 3.8) is 0 Å². The van der Waals surface area contributed by atoms with Gasteiger partial charge in [-0.1, -0.05) is 18.2 Å². The third-order valence-electron chi connectivity index (χ3n) is 4.87. The van der Waals surface area contributed by atoms with Gasteiger partial charge in [-0.3, -0.25) is 0 Å². The molecule has 2 aliphatic heterocycles. The van der Waals surface area contributed by atoms with Crippen LogP contribution in [0.3, 0.4) is 0 Å². The van der Waals surface area contributed by atoms with Crippen molar-refractivity contribution in [1.29, 1.82) is 0 Å². The van der Waals surface area contributed by atoms with E-state index < -0.39 is 6.10 Å². The Bertz CT molecular complexity index is 459. The van der Waals surface area contributed by atoms with Crippen LogP contribution in [0.25, 0.3) is 0 Å². The molecule has 0 aromatic heterocycles. The second-order valence-corrected chi connectivity index (χ2v) is 5.85. The van der Waals surface area contributed by atoms with Crippen LogP contribution in [0.2, 0.25) is 0 Å². The topological polar surface area (TPSA) is 64.7 Å². The van der Waals surface area contributed by atoms with E-state index in [0.717, 1.165) is 43.8 Å². The summed E-state index contributed by atoms with van der Waals surface area (Å²) in [6, 6.07) is 7.97. The first-order valence-corrected chi connectivity index (χ1v) is 7.46. The Balaban J connectivity index is 1.95. The summed E-state index contributed by atoms with van der Waals surface area (Å²) in [4.78, 5) is 0. The lowest BCUT2D eigenvalue weighted by Crippen LogP contribution is -2.52. The van der Waals surface area contributed by atoms with E-state index in [-0.39, 0.29) is 11.3 Å². The van der Waals surface area contributed by atoms with Crippen molar-refractivity contribution < 1.29 is 14.6 Å². The van der Waals surface area contributed by atoms with Crippen molar-refractivity contribution in [2.24, 2.45) is 11.7 Å². The fourth-order valence-corrected chi connectivity index (χ4v) is 3.60. The number of rotatable bonds is 3. The zero-order chi connectivity index (χ0) is 14.0. The first-order chi connectivity index (χ1) is 9.78. The van der Waals surface area contributed by atoms with Crippen molar-refractivity contribution in [2.75, 3.05) is 26.4 Å². The highest BCUT2D eigenvalue weighted by atomic mass is 16.5. The van der Waals surface area contributed by atoms with Crippen LogP contribution >= 0.6 is 0 Å². The molecule has 110 valence electrons. The highest BCUT2D eigenvalue weighted by molar-refractivity contribution is 5.43. The summed E-state index contributed by atoms with van der Waals surface area (Å²) in [5.74, 6) is 1.13. The van der Waals surface area contributed by atoms with Gasteiger partial charge in [0.1, 0.15) is 5.75 Å². The van der Waals surface area contributed by atoms with Crippen molar-refractivity contribution in [3.8, 4) is 5.75 Å². The number of ether oxygens (including phenoxy) is 2. The zero-order valence-corrected chi connectivity index (χ0v) is 11.8. The summed E-state index contributed by atoms with van der Waals surface area (Å²) in [6.07, 6.45) is 2.16. The van der Waals surface area contributed by atoms with Gasteiger partial charge < -0.3 is 20.3 Å². The molecule has 1 aromatic rings. The minimum Gasteiger partial charge on any atom is -0.493 e. The van der Waals surface area contributed by atoms with Gasteiger partial charge in [-0.25, -0.2) is 0 Å². The maximum absolute atomic E-state index is 11.0. The van der Waals surface area contributed by atoms with Crippen LogP contribution in [0.15, 0.2) is 24.3 Å². The second kappa shape index (κ2) is 5.72. The molecule has 4 nitrogen and oxygen atoms in total. The predicted octanol–water partition coefficient (Wildman–Crippen LogP) is 1.45. The molecule has 2 heterocycles. The second-order valence-electron chi connectivity index (χ2n) is 5.85. The van der Waals surface area contributed by atoms with Gasteiger partial charge >= 0.3 is 0 Å². The fourth-order valence-electron chi connectivity index (χ4n) is 3.60. The molecule has 4 heteroatoms. The van der Waals surface area contributed by atoms with E-state index in [1.54, 1.807) is 0 Å². The monoisotopic (exact) mass is 277 g/mol. The first-order valence-electron chi connectivity index (χ1n) is 7.46. The van der Waals surface area contributed by atoms with Gasteiger partial charge in [-0.2, -0.15) is 0 Å². The van der Waals surface area contributed by atoms with Crippen LogP contribution in [0.5, 0.6) is 5.75 Å². The molecule has 1 aromatic carbocycles. The molecular formula is C16H23NO3. The maximum atomic E-state index is 11.0. The summed E-state index contributed by atoms with van der Waals surface area (Å²) >= 11 is 0. The Morgan fingerprint density at radius 3 is 2.75 bits per heavy atom. The van der Waals surface area contributed by atoms with Gasteiger partial charge in [0.25, 0.3) is 0 Å². The molecule has 2 unspecified atom stereocenters. The van der Waals surface area contributed by atoms with E-state index >= 15 is 0 Å². The van der Waals surface area contributed by atoms with Crippen LogP contribution < -0.4 is 10.5 Å². The Kier molecular flexibility index (Phi) is 3.96. The Morgan fingerprint density at radius 1 is 1.25 bits per heavy atom. The van der Waals surface area contributed by atoms with Crippen molar-refractivity contribution in [3.05, 3.63) is 29.8 Å². The van der Waals surface area contributed by atoms with Crippen LogP contribution in [-0.2, 0) is 10.2 Å². The molecule has 0 spiro atoms. The van der Waals surface area contributed by atoms with E-state index in [1.807, 2.05) is 24.3 Å². The SMILES string of the molecule is NCC1(C(O)C2CCOCC2)CCOc2ccccc21. The molecule has 0 bridgehead atoms. The summed E-state index contributed by atoms with van der Waals surface area (Å²) in [6.45, 7) is 2.54. The summed E-state index contributed by atoms with van der Waals surface area (Å²) in [5, 5.41) is 11.0. The number of para-hydroxylation sites is 1. The van der Waals surface area contributed by atoms with Gasteiger partial charge in [0.15, 0.2) is 0 Å². The lowest BCUT2D eigenvalue weighted by molar-refractivity contribution is -0.0374. The molecule has 2 aliphatic rings. The standard InChI is InChI=1S/C16H23NO3/c17-11-16(15(18)12-5-8-19-9-6-12)7-10-20-14-4-2-1-3-13(14)16/h1-4,12,15,18H,5-11,17H2. The van der Waals surface area contributed by atoms with E-state index in [2.05, 4.69) is 0 Å². The van der Waals surface area contributed by atoms with Gasteiger partial charge in [0.2, 0.25) is 0 Å². The van der Waals surface area contributed by atoms with Crippen molar-refractivity contribution in [2.45, 2.75) is 30.8 Å². The normalized spacial score (nSPS) is 28.5. The third kappa shape index (κ3) is 2.22. The molecule has 0 saturated carbocycles. The van der Waals surface area contributed by atoms with Crippen LogP contribution in [0.4, 0.5) is 0 Å². The highest BCUT2D eigenvalue weighted by Crippen LogP contribution is 2.44. The largest absolute Gasteiger partial charge is 0.493 e. The average molecular weight is 277 g/mol. The number of hydrogen-bond donors (Lipinski definition) is 2.